The fraction of sp³-hybridized carbons (Fsp3) is 0.600. The minimum absolute atomic E-state index is 0.0358. The number of hydrogen-bond acceptors (Lipinski definition) is 3. The van der Waals surface area contributed by atoms with Crippen LogP contribution in [0.2, 0.25) is 5.02 Å². The van der Waals surface area contributed by atoms with E-state index in [1.54, 1.807) is 0 Å². The van der Waals surface area contributed by atoms with Crippen molar-refractivity contribution in [3.8, 4) is 0 Å². The molecule has 1 aliphatic rings. The van der Waals surface area contributed by atoms with Gasteiger partial charge in [0.25, 0.3) is 0 Å². The largest absolute Gasteiger partial charge is 0.392 e. The highest BCUT2D eigenvalue weighted by Crippen LogP contribution is 2.28. The van der Waals surface area contributed by atoms with Crippen molar-refractivity contribution in [2.75, 3.05) is 31.6 Å². The summed E-state index contributed by atoms with van der Waals surface area (Å²) in [5.74, 6) is 0. The second-order valence-corrected chi connectivity index (χ2v) is 5.64. The first-order valence-corrected chi connectivity index (χ1v) is 7.38. The molecule has 2 rings (SSSR count). The van der Waals surface area contributed by atoms with E-state index in [2.05, 4.69) is 23.8 Å². The maximum Gasteiger partial charge on any atom is 0.0702 e. The van der Waals surface area contributed by atoms with Gasteiger partial charge >= 0.3 is 0 Å². The predicted octanol–water partition coefficient (Wildman–Crippen LogP) is 2.75. The monoisotopic (exact) mass is 282 g/mol. The van der Waals surface area contributed by atoms with Gasteiger partial charge in [-0.3, -0.25) is 0 Å². The summed E-state index contributed by atoms with van der Waals surface area (Å²) in [6.45, 7) is 5.71. The molecular weight excluding hydrogens is 260 g/mol. The number of halogens is 1. The van der Waals surface area contributed by atoms with E-state index in [9.17, 15) is 5.11 Å². The average molecular weight is 283 g/mol. The van der Waals surface area contributed by atoms with Crippen LogP contribution in [0.1, 0.15) is 25.3 Å². The van der Waals surface area contributed by atoms with Crippen LogP contribution >= 0.6 is 11.6 Å². The Morgan fingerprint density at radius 1 is 1.37 bits per heavy atom. The van der Waals surface area contributed by atoms with E-state index in [1.807, 2.05) is 18.2 Å². The van der Waals surface area contributed by atoms with Crippen molar-refractivity contribution in [2.24, 2.45) is 0 Å². The molecule has 4 heteroatoms. The van der Waals surface area contributed by atoms with Gasteiger partial charge in [0, 0.05) is 42.5 Å². The van der Waals surface area contributed by atoms with Crippen LogP contribution in [-0.2, 0) is 6.61 Å². The molecule has 1 fully saturated rings. The lowest BCUT2D eigenvalue weighted by Crippen LogP contribution is -2.43. The Hall–Kier alpha value is -0.770. The van der Waals surface area contributed by atoms with E-state index < -0.39 is 0 Å². The van der Waals surface area contributed by atoms with Crippen LogP contribution in [0.5, 0.6) is 0 Å². The van der Waals surface area contributed by atoms with Gasteiger partial charge in [0.1, 0.15) is 0 Å². The molecule has 0 aromatic heterocycles. The third-order valence-corrected chi connectivity index (χ3v) is 4.38. The summed E-state index contributed by atoms with van der Waals surface area (Å²) in [7, 11) is 2.12. The lowest BCUT2D eigenvalue weighted by atomic mass is 10.0. The molecule has 19 heavy (non-hydrogen) atoms. The average Bonchev–Trinajstić information content (AvgIpc) is 2.46. The minimum atomic E-state index is 0.0358. The van der Waals surface area contributed by atoms with E-state index in [1.165, 1.54) is 12.8 Å². The number of nitrogens with zero attached hydrogens (tertiary/aromatic N) is 2. The molecule has 1 aliphatic heterocycles. The van der Waals surface area contributed by atoms with Crippen molar-refractivity contribution in [2.45, 2.75) is 32.4 Å². The summed E-state index contributed by atoms with van der Waals surface area (Å²) in [6, 6.07) is 6.32. The van der Waals surface area contributed by atoms with Crippen molar-refractivity contribution in [1.29, 1.82) is 0 Å². The first-order valence-electron chi connectivity index (χ1n) is 7.00. The normalized spacial score (nSPS) is 17.7. The molecule has 1 N–H and O–H groups in total. The molecule has 106 valence electrons. The van der Waals surface area contributed by atoms with Crippen molar-refractivity contribution < 1.29 is 5.11 Å². The van der Waals surface area contributed by atoms with Crippen LogP contribution in [0.15, 0.2) is 18.2 Å². The molecule has 1 saturated heterocycles. The standard InChI is InChI=1S/C15H23ClN2O/c1-3-18-8-6-14(7-9-18)17(2)15-5-4-13(16)10-12(15)11-19/h4-5,10,14,19H,3,6-9,11H2,1-2H3. The fourth-order valence-corrected chi connectivity index (χ4v) is 3.04. The molecule has 1 aromatic rings. The third kappa shape index (κ3) is 3.41. The van der Waals surface area contributed by atoms with E-state index >= 15 is 0 Å². The Bertz CT molecular complexity index is 417. The lowest BCUT2D eigenvalue weighted by Gasteiger charge is -2.38. The van der Waals surface area contributed by atoms with Crippen LogP contribution in [0, 0.1) is 0 Å². The van der Waals surface area contributed by atoms with Gasteiger partial charge in [0.2, 0.25) is 0 Å². The molecular formula is C15H23ClN2O. The zero-order valence-electron chi connectivity index (χ0n) is 11.8. The van der Waals surface area contributed by atoms with Gasteiger partial charge in [-0.15, -0.1) is 0 Å². The first kappa shape index (κ1) is 14.6. The molecule has 0 bridgehead atoms. The molecule has 0 amide bonds. The third-order valence-electron chi connectivity index (χ3n) is 4.14. The Balaban J connectivity index is 2.09. The van der Waals surface area contributed by atoms with Crippen molar-refractivity contribution in [1.82, 2.24) is 4.90 Å². The summed E-state index contributed by atoms with van der Waals surface area (Å²) in [6.07, 6.45) is 2.36. The summed E-state index contributed by atoms with van der Waals surface area (Å²) in [5.41, 5.74) is 2.01. The molecule has 0 spiro atoms. The second-order valence-electron chi connectivity index (χ2n) is 5.21. The number of piperidine rings is 1. The summed E-state index contributed by atoms with van der Waals surface area (Å²) >= 11 is 5.99. The quantitative estimate of drug-likeness (QED) is 0.920. The maximum absolute atomic E-state index is 9.48. The Morgan fingerprint density at radius 3 is 2.63 bits per heavy atom. The molecule has 0 saturated carbocycles. The zero-order chi connectivity index (χ0) is 13.8. The summed E-state index contributed by atoms with van der Waals surface area (Å²) in [4.78, 5) is 4.79. The van der Waals surface area contributed by atoms with E-state index in [4.69, 9.17) is 11.6 Å². The highest BCUT2D eigenvalue weighted by atomic mass is 35.5. The van der Waals surface area contributed by atoms with Crippen LogP contribution < -0.4 is 4.90 Å². The topological polar surface area (TPSA) is 26.7 Å². The van der Waals surface area contributed by atoms with Crippen molar-refractivity contribution in [3.05, 3.63) is 28.8 Å². The molecule has 3 nitrogen and oxygen atoms in total. The summed E-state index contributed by atoms with van der Waals surface area (Å²) in [5, 5.41) is 10.2. The molecule has 0 unspecified atom stereocenters. The molecule has 1 heterocycles. The molecule has 1 aromatic carbocycles. The highest BCUT2D eigenvalue weighted by molar-refractivity contribution is 6.30. The SMILES string of the molecule is CCN1CCC(N(C)c2ccc(Cl)cc2CO)CC1. The number of hydrogen-bond donors (Lipinski definition) is 1. The number of likely N-dealkylation sites (tertiary alicyclic amines) is 1. The van der Waals surface area contributed by atoms with E-state index in [-0.39, 0.29) is 6.61 Å². The van der Waals surface area contributed by atoms with Crippen LogP contribution in [0.4, 0.5) is 5.69 Å². The fourth-order valence-electron chi connectivity index (χ4n) is 2.84. The number of benzene rings is 1. The minimum Gasteiger partial charge on any atom is -0.392 e. The van der Waals surface area contributed by atoms with Crippen LogP contribution in [-0.4, -0.2) is 42.7 Å². The number of aliphatic hydroxyl groups excluding tert-OH is 1. The molecule has 0 radical (unpaired) electrons. The smallest absolute Gasteiger partial charge is 0.0702 e. The first-order chi connectivity index (χ1) is 9.15. The number of anilines is 1. The Labute approximate surface area is 120 Å². The van der Waals surface area contributed by atoms with Crippen molar-refractivity contribution in [3.63, 3.8) is 0 Å². The van der Waals surface area contributed by atoms with Gasteiger partial charge in [0.15, 0.2) is 0 Å². The van der Waals surface area contributed by atoms with Gasteiger partial charge < -0.3 is 14.9 Å². The van der Waals surface area contributed by atoms with E-state index in [0.29, 0.717) is 11.1 Å². The Morgan fingerprint density at radius 2 is 2.05 bits per heavy atom. The summed E-state index contributed by atoms with van der Waals surface area (Å²) < 4.78 is 0. The molecule has 0 aliphatic carbocycles. The van der Waals surface area contributed by atoms with Crippen LogP contribution in [0.3, 0.4) is 0 Å². The van der Waals surface area contributed by atoms with Crippen molar-refractivity contribution >= 4 is 17.3 Å². The highest BCUT2D eigenvalue weighted by Gasteiger charge is 2.23. The van der Waals surface area contributed by atoms with E-state index in [0.717, 1.165) is 30.9 Å². The van der Waals surface area contributed by atoms with Gasteiger partial charge in [-0.25, -0.2) is 0 Å². The Kier molecular flexibility index (Phi) is 5.08. The number of rotatable bonds is 4. The molecule has 0 atom stereocenters. The van der Waals surface area contributed by atoms with Gasteiger partial charge in [-0.05, 0) is 37.6 Å². The van der Waals surface area contributed by atoms with Crippen LogP contribution in [0.25, 0.3) is 0 Å². The van der Waals surface area contributed by atoms with Gasteiger partial charge in [0.05, 0.1) is 6.61 Å². The maximum atomic E-state index is 9.48. The lowest BCUT2D eigenvalue weighted by molar-refractivity contribution is 0.220. The predicted molar refractivity (Wildman–Crippen MR) is 80.9 cm³/mol. The zero-order valence-corrected chi connectivity index (χ0v) is 12.5. The van der Waals surface area contributed by atoms with Gasteiger partial charge in [-0.2, -0.15) is 0 Å². The second kappa shape index (κ2) is 6.60. The number of aliphatic hydroxyl groups is 1. The van der Waals surface area contributed by atoms with Gasteiger partial charge in [-0.1, -0.05) is 18.5 Å².